The first-order valence-electron chi connectivity index (χ1n) is 5.74. The van der Waals surface area contributed by atoms with Crippen molar-refractivity contribution < 1.29 is 0 Å². The third-order valence-corrected chi connectivity index (χ3v) is 3.31. The van der Waals surface area contributed by atoms with Crippen molar-refractivity contribution in [3.05, 3.63) is 5.82 Å². The zero-order valence-electron chi connectivity index (χ0n) is 10.5. The van der Waals surface area contributed by atoms with Crippen LogP contribution in [-0.4, -0.2) is 38.8 Å². The summed E-state index contributed by atoms with van der Waals surface area (Å²) in [5.74, 6) is 1.98. The van der Waals surface area contributed by atoms with E-state index in [0.29, 0.717) is 6.04 Å². The molecule has 1 aromatic rings. The van der Waals surface area contributed by atoms with Crippen molar-refractivity contribution in [2.45, 2.75) is 39.3 Å². The topological polar surface area (TPSA) is 55.6 Å². The lowest BCUT2D eigenvalue weighted by Crippen LogP contribution is -2.24. The van der Waals surface area contributed by atoms with Gasteiger partial charge in [-0.1, -0.05) is 13.8 Å². The van der Waals surface area contributed by atoms with E-state index in [0.717, 1.165) is 24.5 Å². The molecule has 6 heteroatoms. The minimum atomic E-state index is 0.205. The van der Waals surface area contributed by atoms with Gasteiger partial charge in [0.1, 0.15) is 0 Å². The van der Waals surface area contributed by atoms with Crippen molar-refractivity contribution in [2.24, 2.45) is 0 Å². The van der Waals surface area contributed by atoms with Gasteiger partial charge in [-0.3, -0.25) is 0 Å². The van der Waals surface area contributed by atoms with Gasteiger partial charge in [0, 0.05) is 5.75 Å². The molecule has 0 aliphatic rings. The molecule has 0 radical (unpaired) electrons. The maximum Gasteiger partial charge on any atom is 0.168 e. The Hall–Kier alpha value is -0.620. The monoisotopic (exact) mass is 243 g/mol. The maximum atomic E-state index is 4.12. The highest BCUT2D eigenvalue weighted by atomic mass is 32.2. The first-order valence-corrected chi connectivity index (χ1v) is 7.14. The molecule has 2 atom stereocenters. The van der Waals surface area contributed by atoms with Gasteiger partial charge in [0.25, 0.3) is 0 Å². The molecule has 0 amide bonds. The predicted molar refractivity (Wildman–Crippen MR) is 67.6 cm³/mol. The van der Waals surface area contributed by atoms with Crippen LogP contribution in [0.5, 0.6) is 0 Å². The minimum absolute atomic E-state index is 0.205. The van der Waals surface area contributed by atoms with Crippen LogP contribution in [0.1, 0.15) is 45.1 Å². The Morgan fingerprint density at radius 3 is 2.75 bits per heavy atom. The second-order valence-electron chi connectivity index (χ2n) is 3.78. The van der Waals surface area contributed by atoms with E-state index < -0.39 is 0 Å². The molecule has 0 fully saturated rings. The number of thioether (sulfide) groups is 1. The predicted octanol–water partition coefficient (Wildman–Crippen LogP) is 1.66. The number of nitrogens with one attached hydrogen (secondary N) is 1. The second-order valence-corrected chi connectivity index (χ2v) is 4.69. The highest BCUT2D eigenvalue weighted by molar-refractivity contribution is 7.98. The van der Waals surface area contributed by atoms with Crippen LogP contribution in [0.2, 0.25) is 0 Å². The molecule has 1 heterocycles. The SMILES string of the molecule is CCNC(C)c1nnnn1C(CC)CSC. The number of nitrogens with zero attached hydrogens (tertiary/aromatic N) is 4. The fourth-order valence-corrected chi connectivity index (χ4v) is 2.46. The summed E-state index contributed by atoms with van der Waals surface area (Å²) in [7, 11) is 0. The molecular weight excluding hydrogens is 222 g/mol. The van der Waals surface area contributed by atoms with Crippen LogP contribution < -0.4 is 5.32 Å². The van der Waals surface area contributed by atoms with E-state index in [1.54, 1.807) is 0 Å². The normalized spacial score (nSPS) is 15.0. The largest absolute Gasteiger partial charge is 0.308 e. The zero-order chi connectivity index (χ0) is 12.0. The van der Waals surface area contributed by atoms with Crippen molar-refractivity contribution in [1.29, 1.82) is 0 Å². The van der Waals surface area contributed by atoms with E-state index in [1.165, 1.54) is 0 Å². The van der Waals surface area contributed by atoms with Crippen molar-refractivity contribution in [3.63, 3.8) is 0 Å². The molecule has 0 saturated carbocycles. The van der Waals surface area contributed by atoms with Gasteiger partial charge >= 0.3 is 0 Å². The average Bonchev–Trinajstić information content (AvgIpc) is 2.75. The van der Waals surface area contributed by atoms with Crippen LogP contribution in [0, 0.1) is 0 Å². The summed E-state index contributed by atoms with van der Waals surface area (Å²) >= 11 is 1.83. The summed E-state index contributed by atoms with van der Waals surface area (Å²) in [4.78, 5) is 0. The van der Waals surface area contributed by atoms with E-state index in [2.05, 4.69) is 47.9 Å². The Balaban J connectivity index is 2.82. The van der Waals surface area contributed by atoms with Crippen LogP contribution in [0.3, 0.4) is 0 Å². The fraction of sp³-hybridized carbons (Fsp3) is 0.900. The molecule has 0 spiro atoms. The Kier molecular flexibility index (Phi) is 5.76. The molecule has 0 aliphatic carbocycles. The van der Waals surface area contributed by atoms with Crippen molar-refractivity contribution in [3.8, 4) is 0 Å². The number of aromatic nitrogens is 4. The molecule has 1 aromatic heterocycles. The smallest absolute Gasteiger partial charge is 0.168 e. The average molecular weight is 243 g/mol. The van der Waals surface area contributed by atoms with Gasteiger partial charge in [0.05, 0.1) is 12.1 Å². The quantitative estimate of drug-likeness (QED) is 0.789. The third-order valence-electron chi connectivity index (χ3n) is 2.59. The molecule has 1 rings (SSSR count). The van der Waals surface area contributed by atoms with Crippen molar-refractivity contribution in [1.82, 2.24) is 25.5 Å². The molecule has 1 N–H and O–H groups in total. The molecule has 92 valence electrons. The van der Waals surface area contributed by atoms with Gasteiger partial charge < -0.3 is 5.32 Å². The summed E-state index contributed by atoms with van der Waals surface area (Å²) in [5.41, 5.74) is 0. The van der Waals surface area contributed by atoms with Crippen molar-refractivity contribution in [2.75, 3.05) is 18.6 Å². The van der Waals surface area contributed by atoms with Gasteiger partial charge in [0.15, 0.2) is 5.82 Å². The van der Waals surface area contributed by atoms with Gasteiger partial charge in [-0.15, -0.1) is 5.10 Å². The lowest BCUT2D eigenvalue weighted by molar-refractivity contribution is 0.426. The van der Waals surface area contributed by atoms with Gasteiger partial charge in [-0.05, 0) is 36.6 Å². The molecular formula is C10H21N5S. The summed E-state index contributed by atoms with van der Waals surface area (Å²) in [6, 6.07) is 0.594. The molecule has 0 aromatic carbocycles. The standard InChI is InChI=1S/C10H21N5S/c1-5-9(7-16-4)15-10(12-13-14-15)8(3)11-6-2/h8-9,11H,5-7H2,1-4H3. The second kappa shape index (κ2) is 6.85. The Bertz CT molecular complexity index is 301. The lowest BCUT2D eigenvalue weighted by atomic mass is 10.2. The fourth-order valence-electron chi connectivity index (χ4n) is 1.70. The Morgan fingerprint density at radius 1 is 1.44 bits per heavy atom. The zero-order valence-corrected chi connectivity index (χ0v) is 11.3. The van der Waals surface area contributed by atoms with Crippen molar-refractivity contribution >= 4 is 11.8 Å². The van der Waals surface area contributed by atoms with Crippen LogP contribution in [-0.2, 0) is 0 Å². The number of hydrogen-bond donors (Lipinski definition) is 1. The first kappa shape index (κ1) is 13.4. The summed E-state index contributed by atoms with van der Waals surface area (Å²) in [6.45, 7) is 7.28. The van der Waals surface area contributed by atoms with Gasteiger partial charge in [-0.2, -0.15) is 11.8 Å². The maximum absolute atomic E-state index is 4.12. The van der Waals surface area contributed by atoms with E-state index in [1.807, 2.05) is 16.4 Å². The van der Waals surface area contributed by atoms with E-state index in [9.17, 15) is 0 Å². The van der Waals surface area contributed by atoms with E-state index in [4.69, 9.17) is 0 Å². The molecule has 5 nitrogen and oxygen atoms in total. The van der Waals surface area contributed by atoms with Gasteiger partial charge in [0.2, 0.25) is 0 Å². The van der Waals surface area contributed by atoms with Gasteiger partial charge in [-0.25, -0.2) is 4.68 Å². The van der Waals surface area contributed by atoms with Crippen LogP contribution in [0.25, 0.3) is 0 Å². The Labute approximate surface area is 101 Å². The lowest BCUT2D eigenvalue weighted by Gasteiger charge is -2.18. The number of hydrogen-bond acceptors (Lipinski definition) is 5. The number of tetrazole rings is 1. The van der Waals surface area contributed by atoms with E-state index >= 15 is 0 Å². The van der Waals surface area contributed by atoms with E-state index in [-0.39, 0.29) is 6.04 Å². The molecule has 0 aliphatic heterocycles. The summed E-state index contributed by atoms with van der Waals surface area (Å²) in [5, 5.41) is 15.4. The molecule has 16 heavy (non-hydrogen) atoms. The number of rotatable bonds is 7. The Morgan fingerprint density at radius 2 is 2.19 bits per heavy atom. The minimum Gasteiger partial charge on any atom is -0.308 e. The summed E-state index contributed by atoms with van der Waals surface area (Å²) < 4.78 is 1.96. The molecule has 0 bridgehead atoms. The molecule has 0 saturated heterocycles. The first-order chi connectivity index (χ1) is 7.74. The van der Waals surface area contributed by atoms with Crippen LogP contribution in [0.15, 0.2) is 0 Å². The van der Waals surface area contributed by atoms with Crippen LogP contribution >= 0.6 is 11.8 Å². The molecule has 2 unspecified atom stereocenters. The highest BCUT2D eigenvalue weighted by Crippen LogP contribution is 2.19. The third kappa shape index (κ3) is 3.18. The highest BCUT2D eigenvalue weighted by Gasteiger charge is 2.19. The van der Waals surface area contributed by atoms with Crippen LogP contribution in [0.4, 0.5) is 0 Å². The summed E-state index contributed by atoms with van der Waals surface area (Å²) in [6.07, 6.45) is 3.16.